The van der Waals surface area contributed by atoms with Crippen molar-refractivity contribution < 1.29 is 24.6 Å². The quantitative estimate of drug-likeness (QED) is 0.523. The lowest BCUT2D eigenvalue weighted by atomic mass is 10.0. The lowest BCUT2D eigenvalue weighted by Crippen LogP contribution is -2.50. The molecule has 3 N–H and O–H groups in total. The Balaban J connectivity index is 2.18. The smallest absolute Gasteiger partial charge is 0.326 e. The van der Waals surface area contributed by atoms with Crippen molar-refractivity contribution in [2.75, 3.05) is 13.1 Å². The fourth-order valence-electron chi connectivity index (χ4n) is 3.04. The maximum Gasteiger partial charge on any atom is 0.326 e. The molecule has 0 aliphatic rings. The first kappa shape index (κ1) is 22.7. The fraction of sp³-hybridized carbons (Fsp3) is 0.381. The number of hydrogen-bond donors (Lipinski definition) is 3. The van der Waals surface area contributed by atoms with Crippen LogP contribution in [0, 0.1) is 5.92 Å². The summed E-state index contributed by atoms with van der Waals surface area (Å²) in [6.45, 7) is 4.17. The van der Waals surface area contributed by atoms with Crippen molar-refractivity contribution in [3.05, 3.63) is 46.4 Å². The number of nitrogens with one attached hydrogen (secondary N) is 1. The van der Waals surface area contributed by atoms with E-state index >= 15 is 0 Å². The normalized spacial score (nSPS) is 12.0. The third-order valence-corrected chi connectivity index (χ3v) is 5.37. The highest BCUT2D eigenvalue weighted by Crippen LogP contribution is 2.28. The van der Waals surface area contributed by atoms with Gasteiger partial charge in [-0.3, -0.25) is 4.79 Å². The molecular formula is C21H25BrN2O5. The zero-order valence-corrected chi connectivity index (χ0v) is 18.0. The summed E-state index contributed by atoms with van der Waals surface area (Å²) in [7, 11) is 0. The molecule has 29 heavy (non-hydrogen) atoms. The molecule has 0 heterocycles. The van der Waals surface area contributed by atoms with Gasteiger partial charge >= 0.3 is 18.0 Å². The highest BCUT2D eigenvalue weighted by molar-refractivity contribution is 9.10. The van der Waals surface area contributed by atoms with Crippen LogP contribution in [0.1, 0.15) is 25.8 Å². The van der Waals surface area contributed by atoms with Gasteiger partial charge in [0.05, 0.1) is 6.42 Å². The van der Waals surface area contributed by atoms with Crippen LogP contribution in [0.5, 0.6) is 0 Å². The Labute approximate surface area is 177 Å². The number of carbonyl (C=O) groups is 3. The lowest BCUT2D eigenvalue weighted by Gasteiger charge is -2.26. The van der Waals surface area contributed by atoms with E-state index in [0.717, 1.165) is 20.8 Å². The summed E-state index contributed by atoms with van der Waals surface area (Å²) in [4.78, 5) is 36.6. The Morgan fingerprint density at radius 3 is 2.41 bits per heavy atom. The molecule has 8 heteroatoms. The number of carboxylic acid groups (broad SMARTS) is 2. The number of halogens is 1. The Bertz CT molecular complexity index is 900. The van der Waals surface area contributed by atoms with E-state index in [4.69, 9.17) is 5.11 Å². The molecule has 0 aliphatic heterocycles. The summed E-state index contributed by atoms with van der Waals surface area (Å²) < 4.78 is 0.793. The van der Waals surface area contributed by atoms with E-state index in [-0.39, 0.29) is 25.3 Å². The number of hydrogen-bond acceptors (Lipinski definition) is 3. The third-order valence-electron chi connectivity index (χ3n) is 4.43. The molecule has 0 fully saturated rings. The van der Waals surface area contributed by atoms with Crippen molar-refractivity contribution in [3.8, 4) is 0 Å². The van der Waals surface area contributed by atoms with Gasteiger partial charge in [-0.2, -0.15) is 0 Å². The van der Waals surface area contributed by atoms with E-state index in [1.807, 2.05) is 50.2 Å². The third kappa shape index (κ3) is 6.45. The first-order valence-electron chi connectivity index (χ1n) is 9.35. The predicted molar refractivity (Wildman–Crippen MR) is 114 cm³/mol. The lowest BCUT2D eigenvalue weighted by molar-refractivity contribution is -0.139. The van der Waals surface area contributed by atoms with Crippen molar-refractivity contribution in [1.82, 2.24) is 10.2 Å². The highest BCUT2D eigenvalue weighted by atomic mass is 79.9. The standard InChI is InChI=1S/C21H25BrN2O5/c1-13(2)12-24(10-9-18(25)26)21(29)23-17(20(27)28)11-15-8-7-14-5-3-4-6-16(14)19(15)22/h3-8,13,17H,9-12H2,1-2H3,(H,23,29)(H,25,26)(H,27,28)/t17-/m0/s1. The summed E-state index contributed by atoms with van der Waals surface area (Å²) >= 11 is 3.55. The molecule has 0 saturated heterocycles. The van der Waals surface area contributed by atoms with Crippen LogP contribution in [0.4, 0.5) is 4.79 Å². The average molecular weight is 465 g/mol. The Morgan fingerprint density at radius 1 is 1.10 bits per heavy atom. The molecular weight excluding hydrogens is 440 g/mol. The maximum atomic E-state index is 12.6. The number of benzene rings is 2. The minimum Gasteiger partial charge on any atom is -0.481 e. The number of amides is 2. The van der Waals surface area contributed by atoms with Gasteiger partial charge < -0.3 is 20.4 Å². The summed E-state index contributed by atoms with van der Waals surface area (Å²) in [6, 6.07) is 9.76. The van der Waals surface area contributed by atoms with E-state index in [1.54, 1.807) is 0 Å². The number of fused-ring (bicyclic) bond motifs is 1. The van der Waals surface area contributed by atoms with Crippen molar-refractivity contribution in [3.63, 3.8) is 0 Å². The van der Waals surface area contributed by atoms with Gasteiger partial charge in [-0.1, -0.05) is 50.2 Å². The van der Waals surface area contributed by atoms with Crippen LogP contribution in [0.15, 0.2) is 40.9 Å². The van der Waals surface area contributed by atoms with Crippen LogP contribution < -0.4 is 5.32 Å². The Kier molecular flexibility index (Phi) is 8.01. The molecule has 1 atom stereocenters. The molecule has 0 radical (unpaired) electrons. The molecule has 0 spiro atoms. The van der Waals surface area contributed by atoms with Crippen LogP contribution in [0.25, 0.3) is 10.8 Å². The fourth-order valence-corrected chi connectivity index (χ4v) is 3.70. The zero-order valence-electron chi connectivity index (χ0n) is 16.4. The molecule has 0 unspecified atom stereocenters. The second-order valence-corrected chi connectivity index (χ2v) is 8.08. The molecule has 2 aromatic carbocycles. The first-order chi connectivity index (χ1) is 13.7. The number of nitrogens with zero attached hydrogens (tertiary/aromatic N) is 1. The van der Waals surface area contributed by atoms with Crippen molar-refractivity contribution in [1.29, 1.82) is 0 Å². The van der Waals surface area contributed by atoms with Crippen molar-refractivity contribution in [2.24, 2.45) is 5.92 Å². The number of aliphatic carboxylic acids is 2. The number of carboxylic acids is 2. The molecule has 0 aromatic heterocycles. The van der Waals surface area contributed by atoms with Crippen LogP contribution in [-0.4, -0.2) is 52.2 Å². The van der Waals surface area contributed by atoms with Gasteiger partial charge in [0.2, 0.25) is 0 Å². The summed E-state index contributed by atoms with van der Waals surface area (Å²) in [5, 5.41) is 23.1. The number of urea groups is 1. The molecule has 2 rings (SSSR count). The Hall–Kier alpha value is -2.61. The van der Waals surface area contributed by atoms with Crippen molar-refractivity contribution in [2.45, 2.75) is 32.7 Å². The highest BCUT2D eigenvalue weighted by Gasteiger charge is 2.25. The molecule has 2 amide bonds. The summed E-state index contributed by atoms with van der Waals surface area (Å²) in [5.41, 5.74) is 0.761. The van der Waals surface area contributed by atoms with Crippen LogP contribution in [-0.2, 0) is 16.0 Å². The molecule has 156 valence electrons. The topological polar surface area (TPSA) is 107 Å². The molecule has 0 saturated carbocycles. The molecule has 0 aliphatic carbocycles. The minimum atomic E-state index is -1.15. The van der Waals surface area contributed by atoms with E-state index < -0.39 is 24.0 Å². The van der Waals surface area contributed by atoms with Gasteiger partial charge in [-0.05, 0) is 38.2 Å². The van der Waals surface area contributed by atoms with E-state index in [0.29, 0.717) is 6.54 Å². The zero-order chi connectivity index (χ0) is 21.6. The number of carbonyl (C=O) groups excluding carboxylic acids is 1. The second-order valence-electron chi connectivity index (χ2n) is 7.29. The SMILES string of the molecule is CC(C)CN(CCC(=O)O)C(=O)N[C@@H](Cc1ccc2ccccc2c1Br)C(=O)O. The van der Waals surface area contributed by atoms with E-state index in [9.17, 15) is 19.5 Å². The van der Waals surface area contributed by atoms with Gasteiger partial charge in [0.1, 0.15) is 6.04 Å². The van der Waals surface area contributed by atoms with Gasteiger partial charge in [-0.15, -0.1) is 0 Å². The molecule has 2 aromatic rings. The van der Waals surface area contributed by atoms with Gasteiger partial charge in [0.25, 0.3) is 0 Å². The van der Waals surface area contributed by atoms with Gasteiger partial charge in [-0.25, -0.2) is 9.59 Å². The molecule has 7 nitrogen and oxygen atoms in total. The van der Waals surface area contributed by atoms with Gasteiger partial charge in [0, 0.05) is 24.0 Å². The van der Waals surface area contributed by atoms with E-state index in [2.05, 4.69) is 21.2 Å². The minimum absolute atomic E-state index is 0.0192. The monoisotopic (exact) mass is 464 g/mol. The largest absolute Gasteiger partial charge is 0.481 e. The van der Waals surface area contributed by atoms with Gasteiger partial charge in [0.15, 0.2) is 0 Å². The second kappa shape index (κ2) is 10.2. The number of rotatable bonds is 9. The Morgan fingerprint density at radius 2 is 1.79 bits per heavy atom. The maximum absolute atomic E-state index is 12.6. The predicted octanol–water partition coefficient (Wildman–Crippen LogP) is 3.74. The summed E-state index contributed by atoms with van der Waals surface area (Å²) in [5.74, 6) is -2.05. The van der Waals surface area contributed by atoms with E-state index in [1.165, 1.54) is 4.90 Å². The molecule has 0 bridgehead atoms. The van der Waals surface area contributed by atoms with Crippen molar-refractivity contribution >= 4 is 44.7 Å². The van der Waals surface area contributed by atoms with Crippen LogP contribution in [0.3, 0.4) is 0 Å². The first-order valence-corrected chi connectivity index (χ1v) is 10.1. The van der Waals surface area contributed by atoms with Crippen LogP contribution >= 0.6 is 15.9 Å². The average Bonchev–Trinajstić information content (AvgIpc) is 2.66. The van der Waals surface area contributed by atoms with Crippen LogP contribution in [0.2, 0.25) is 0 Å². The summed E-state index contributed by atoms with van der Waals surface area (Å²) in [6.07, 6.45) is -0.102.